The maximum absolute atomic E-state index is 12.7. The molecule has 5 nitrogen and oxygen atoms in total. The summed E-state index contributed by atoms with van der Waals surface area (Å²) in [6.07, 6.45) is 0.681. The average molecular weight is 430 g/mol. The Balaban J connectivity index is 1.42. The second-order valence-corrected chi connectivity index (χ2v) is 7.86. The summed E-state index contributed by atoms with van der Waals surface area (Å²) >= 11 is 0. The third-order valence-corrected chi connectivity index (χ3v) is 5.44. The van der Waals surface area contributed by atoms with Crippen LogP contribution in [0.2, 0.25) is 0 Å². The van der Waals surface area contributed by atoms with Crippen LogP contribution in [0.5, 0.6) is 0 Å². The van der Waals surface area contributed by atoms with Crippen LogP contribution in [-0.4, -0.2) is 36.9 Å². The highest BCUT2D eigenvalue weighted by Gasteiger charge is 2.37. The van der Waals surface area contributed by atoms with Crippen molar-refractivity contribution in [2.45, 2.75) is 25.9 Å². The van der Waals surface area contributed by atoms with Crippen LogP contribution in [0.4, 0.5) is 18.9 Å². The molecule has 1 unspecified atom stereocenters. The molecule has 31 heavy (non-hydrogen) atoms. The van der Waals surface area contributed by atoms with Gasteiger partial charge in [-0.05, 0) is 48.9 Å². The number of hydrogen-bond donors (Lipinski definition) is 2. The maximum atomic E-state index is 12.7. The van der Waals surface area contributed by atoms with Gasteiger partial charge in [-0.25, -0.2) is 0 Å². The van der Waals surface area contributed by atoms with Gasteiger partial charge < -0.3 is 19.8 Å². The number of alkyl halides is 3. The van der Waals surface area contributed by atoms with E-state index in [4.69, 9.17) is 9.47 Å². The molecule has 1 saturated heterocycles. The molecule has 0 saturated carbocycles. The number of halogens is 3. The normalized spacial score (nSPS) is 20.6. The molecule has 162 valence electrons. The second-order valence-electron chi connectivity index (χ2n) is 7.86. The molecule has 0 radical (unpaired) electrons. The second kappa shape index (κ2) is 8.16. The largest absolute Gasteiger partial charge is 0.485 e. The molecule has 1 atom stereocenters. The molecule has 2 heterocycles. The van der Waals surface area contributed by atoms with Gasteiger partial charge in [0.15, 0.2) is 5.76 Å². The zero-order valence-electron chi connectivity index (χ0n) is 16.9. The molecule has 1 amide bonds. The molecule has 2 aromatic rings. The van der Waals surface area contributed by atoms with Gasteiger partial charge in [0.25, 0.3) is 0 Å². The zero-order chi connectivity index (χ0) is 22.1. The van der Waals surface area contributed by atoms with Crippen molar-refractivity contribution in [1.82, 2.24) is 4.98 Å². The van der Waals surface area contributed by atoms with Gasteiger partial charge in [-0.2, -0.15) is 13.2 Å². The van der Waals surface area contributed by atoms with Crippen molar-refractivity contribution < 1.29 is 27.4 Å². The number of fused-ring (bicyclic) bond motifs is 1. The van der Waals surface area contributed by atoms with E-state index >= 15 is 0 Å². The van der Waals surface area contributed by atoms with E-state index in [1.807, 2.05) is 25.1 Å². The molecule has 0 bridgehead atoms. The third kappa shape index (κ3) is 4.62. The monoisotopic (exact) mass is 430 g/mol. The van der Waals surface area contributed by atoms with Crippen LogP contribution in [0.3, 0.4) is 0 Å². The van der Waals surface area contributed by atoms with Gasteiger partial charge in [0.1, 0.15) is 5.57 Å². The Morgan fingerprint density at radius 2 is 2.16 bits per heavy atom. The summed E-state index contributed by atoms with van der Waals surface area (Å²) < 4.78 is 48.6. The van der Waals surface area contributed by atoms with Gasteiger partial charge in [-0.1, -0.05) is 11.8 Å². The van der Waals surface area contributed by atoms with E-state index in [0.29, 0.717) is 31.7 Å². The third-order valence-electron chi connectivity index (χ3n) is 5.44. The van der Waals surface area contributed by atoms with Crippen LogP contribution in [-0.2, 0) is 20.7 Å². The molecule has 2 aliphatic rings. The van der Waals surface area contributed by atoms with Gasteiger partial charge in [-0.15, -0.1) is 0 Å². The number of aromatic amines is 1. The topological polar surface area (TPSA) is 63.4 Å². The summed E-state index contributed by atoms with van der Waals surface area (Å²) in [5, 5.41) is 3.87. The molecule has 1 aromatic carbocycles. The lowest BCUT2D eigenvalue weighted by atomic mass is 9.89. The van der Waals surface area contributed by atoms with Crippen molar-refractivity contribution in [3.63, 3.8) is 0 Å². The Kier molecular flexibility index (Phi) is 5.54. The fourth-order valence-corrected chi connectivity index (χ4v) is 3.45. The van der Waals surface area contributed by atoms with Crippen LogP contribution >= 0.6 is 0 Å². The summed E-state index contributed by atoms with van der Waals surface area (Å²) in [4.78, 5) is 15.8. The predicted molar refractivity (Wildman–Crippen MR) is 109 cm³/mol. The van der Waals surface area contributed by atoms with E-state index < -0.39 is 17.2 Å². The maximum Gasteiger partial charge on any atom is 0.424 e. The Hall–Kier alpha value is -3.18. The van der Waals surface area contributed by atoms with Gasteiger partial charge in [0.05, 0.1) is 24.3 Å². The highest BCUT2D eigenvalue weighted by molar-refractivity contribution is 6.03. The van der Waals surface area contributed by atoms with E-state index in [9.17, 15) is 18.0 Å². The van der Waals surface area contributed by atoms with E-state index in [-0.39, 0.29) is 18.3 Å². The SMILES string of the molecule is CC1(C(=O)Nc2c[nH]c3ccc(CCOC4=C=C=C(C(F)(F)F)C=C4)cc23)CCOC1. The van der Waals surface area contributed by atoms with E-state index in [0.717, 1.165) is 22.5 Å². The van der Waals surface area contributed by atoms with E-state index in [1.165, 1.54) is 6.08 Å². The molecule has 1 fully saturated rings. The quantitative estimate of drug-likeness (QED) is 0.648. The highest BCUT2D eigenvalue weighted by atomic mass is 19.4. The van der Waals surface area contributed by atoms with Crippen molar-refractivity contribution in [1.29, 1.82) is 0 Å². The fourth-order valence-electron chi connectivity index (χ4n) is 3.45. The molecule has 2 N–H and O–H groups in total. The van der Waals surface area contributed by atoms with Crippen LogP contribution in [0.1, 0.15) is 18.9 Å². The minimum atomic E-state index is -4.45. The number of ether oxygens (including phenoxy) is 2. The number of hydrogen-bond acceptors (Lipinski definition) is 3. The number of nitrogens with one attached hydrogen (secondary N) is 2. The predicted octanol–water partition coefficient (Wildman–Crippen LogP) is 4.79. The van der Waals surface area contributed by atoms with Crippen molar-refractivity contribution in [3.05, 3.63) is 64.9 Å². The van der Waals surface area contributed by atoms with E-state index in [1.54, 1.807) is 6.20 Å². The number of aromatic nitrogens is 1. The van der Waals surface area contributed by atoms with Crippen molar-refractivity contribution in [2.75, 3.05) is 25.1 Å². The zero-order valence-corrected chi connectivity index (χ0v) is 16.9. The first-order chi connectivity index (χ1) is 14.7. The Morgan fingerprint density at radius 3 is 2.84 bits per heavy atom. The number of carbonyl (C=O) groups excluding carboxylic acids is 1. The standard InChI is InChI=1S/C23H21F3N2O3/c1-22(9-11-30-14-22)21(29)28-20-13-27-19-7-2-15(12-18(19)20)8-10-31-17-5-3-16(4-6-17)23(24,25)26/h2-3,5,7,12-13,27H,8-11,14H2,1H3,(H,28,29). The molecule has 1 aliphatic heterocycles. The Morgan fingerprint density at radius 1 is 1.32 bits per heavy atom. The first-order valence-electron chi connectivity index (χ1n) is 9.88. The lowest BCUT2D eigenvalue weighted by molar-refractivity contribution is -0.124. The van der Waals surface area contributed by atoms with Gasteiger partial charge in [-0.3, -0.25) is 4.79 Å². The van der Waals surface area contributed by atoms with Crippen LogP contribution < -0.4 is 5.32 Å². The summed E-state index contributed by atoms with van der Waals surface area (Å²) in [6.45, 7) is 3.14. The number of H-pyrrole nitrogens is 1. The molecular weight excluding hydrogens is 409 g/mol. The lowest BCUT2D eigenvalue weighted by Gasteiger charge is -2.20. The van der Waals surface area contributed by atoms with Gasteiger partial charge >= 0.3 is 6.18 Å². The molecule has 8 heteroatoms. The van der Waals surface area contributed by atoms with E-state index in [2.05, 4.69) is 21.8 Å². The number of benzene rings is 1. The molecular formula is C23H21F3N2O3. The number of amides is 1. The van der Waals surface area contributed by atoms with Crippen LogP contribution in [0.25, 0.3) is 10.9 Å². The lowest BCUT2D eigenvalue weighted by Crippen LogP contribution is -2.33. The smallest absolute Gasteiger partial charge is 0.424 e. The summed E-state index contributed by atoms with van der Waals surface area (Å²) in [6, 6.07) is 5.81. The first kappa shape index (κ1) is 21.1. The Bertz CT molecular complexity index is 1140. The minimum absolute atomic E-state index is 0.0753. The number of rotatable bonds is 6. The highest BCUT2D eigenvalue weighted by Crippen LogP contribution is 2.32. The van der Waals surface area contributed by atoms with Crippen LogP contribution in [0, 0.1) is 5.41 Å². The molecule has 0 spiro atoms. The molecule has 4 rings (SSSR count). The summed E-state index contributed by atoms with van der Waals surface area (Å²) in [7, 11) is 0. The number of carbonyl (C=O) groups is 1. The average Bonchev–Trinajstić information content (AvgIpc) is 3.35. The van der Waals surface area contributed by atoms with Crippen molar-refractivity contribution in [3.8, 4) is 0 Å². The summed E-state index contributed by atoms with van der Waals surface area (Å²) in [5.74, 6) is 0.129. The van der Waals surface area contributed by atoms with Gasteiger partial charge in [0, 0.05) is 30.1 Å². The van der Waals surface area contributed by atoms with Crippen LogP contribution in [0.15, 0.2) is 59.3 Å². The Labute approximate surface area is 176 Å². The molecule has 1 aromatic heterocycles. The minimum Gasteiger partial charge on any atom is -0.485 e. The molecule has 1 aliphatic carbocycles. The first-order valence-corrected chi connectivity index (χ1v) is 9.88. The van der Waals surface area contributed by atoms with Crippen molar-refractivity contribution >= 4 is 22.5 Å². The fraction of sp³-hybridized carbons (Fsp3) is 0.348. The van der Waals surface area contributed by atoms with Crippen molar-refractivity contribution in [2.24, 2.45) is 5.41 Å². The number of anilines is 1. The van der Waals surface area contributed by atoms with Gasteiger partial charge in [0.2, 0.25) is 5.91 Å². The summed E-state index contributed by atoms with van der Waals surface area (Å²) in [5.41, 5.74) is 5.58. The number of allylic oxidation sites excluding steroid dienone is 3.